The molecule has 0 aliphatic carbocycles. The summed E-state index contributed by atoms with van der Waals surface area (Å²) in [5, 5.41) is 2.89. The van der Waals surface area contributed by atoms with E-state index in [2.05, 4.69) is 10.2 Å². The van der Waals surface area contributed by atoms with Gasteiger partial charge in [-0.1, -0.05) is 12.1 Å². The van der Waals surface area contributed by atoms with E-state index in [9.17, 15) is 9.59 Å². The number of nitrogens with one attached hydrogen (secondary N) is 1. The third-order valence-electron chi connectivity index (χ3n) is 4.88. The molecular formula is C23H28N2O4. The number of rotatable bonds is 8. The molecule has 3 rings (SSSR count). The Morgan fingerprint density at radius 3 is 2.34 bits per heavy atom. The molecule has 2 aromatic carbocycles. The predicted octanol–water partition coefficient (Wildman–Crippen LogP) is 3.45. The zero-order valence-electron chi connectivity index (χ0n) is 17.0. The molecule has 6 nitrogen and oxygen atoms in total. The first kappa shape index (κ1) is 20.9. The third-order valence-corrected chi connectivity index (χ3v) is 4.88. The Hall–Kier alpha value is -2.86. The van der Waals surface area contributed by atoms with E-state index < -0.39 is 6.10 Å². The summed E-state index contributed by atoms with van der Waals surface area (Å²) in [5.41, 5.74) is 2.94. The molecule has 6 heteroatoms. The number of morpholine rings is 1. The highest BCUT2D eigenvalue weighted by molar-refractivity contribution is 5.94. The molecule has 0 unspecified atom stereocenters. The van der Waals surface area contributed by atoms with Crippen molar-refractivity contribution in [1.29, 1.82) is 0 Å². The van der Waals surface area contributed by atoms with Gasteiger partial charge in [-0.25, -0.2) is 0 Å². The molecule has 1 saturated heterocycles. The summed E-state index contributed by atoms with van der Waals surface area (Å²) in [6.07, 6.45) is 0.618. The minimum Gasteiger partial charge on any atom is -0.481 e. The highest BCUT2D eigenvalue weighted by Gasteiger charge is 2.16. The predicted molar refractivity (Wildman–Crippen MR) is 114 cm³/mol. The minimum atomic E-state index is -0.628. The number of amides is 1. The molecule has 0 radical (unpaired) electrons. The van der Waals surface area contributed by atoms with E-state index in [1.807, 2.05) is 48.5 Å². The Bertz CT molecular complexity index is 812. The van der Waals surface area contributed by atoms with Gasteiger partial charge < -0.3 is 24.5 Å². The Balaban J connectivity index is 1.50. The number of ketones is 1. The van der Waals surface area contributed by atoms with Crippen LogP contribution >= 0.6 is 0 Å². The smallest absolute Gasteiger partial charge is 0.265 e. The molecule has 1 atom stereocenters. The molecule has 0 spiro atoms. The molecule has 0 bridgehead atoms. The molecule has 154 valence electrons. The maximum absolute atomic E-state index is 12.4. The van der Waals surface area contributed by atoms with Crippen molar-refractivity contribution in [2.45, 2.75) is 32.8 Å². The lowest BCUT2D eigenvalue weighted by Gasteiger charge is -2.29. The molecule has 2 aromatic rings. The number of carbonyl (C=O) groups is 2. The largest absolute Gasteiger partial charge is 0.481 e. The van der Waals surface area contributed by atoms with Crippen LogP contribution in [0.3, 0.4) is 0 Å². The van der Waals surface area contributed by atoms with E-state index in [0.717, 1.165) is 43.2 Å². The maximum atomic E-state index is 12.4. The highest BCUT2D eigenvalue weighted by atomic mass is 16.5. The topological polar surface area (TPSA) is 67.9 Å². The zero-order chi connectivity index (χ0) is 20.6. The van der Waals surface area contributed by atoms with Crippen molar-refractivity contribution in [3.63, 3.8) is 0 Å². The van der Waals surface area contributed by atoms with Crippen LogP contribution < -0.4 is 15.0 Å². The van der Waals surface area contributed by atoms with Crippen LogP contribution in [0.15, 0.2) is 48.5 Å². The third kappa shape index (κ3) is 6.32. The number of carbonyl (C=O) groups excluding carboxylic acids is 2. The molecule has 1 fully saturated rings. The number of benzene rings is 2. The molecule has 29 heavy (non-hydrogen) atoms. The molecule has 1 aliphatic heterocycles. The standard InChI is InChI=1S/C23H28N2O4/c1-17(26)3-4-19-5-11-22(12-6-19)29-18(2)23(27)24-20-7-9-21(10-8-20)25-13-15-28-16-14-25/h5-12,18H,3-4,13-16H2,1-2H3,(H,24,27)/t18-/m1/s1. The number of hydrogen-bond acceptors (Lipinski definition) is 5. The van der Waals surface area contributed by atoms with Gasteiger partial charge in [0.1, 0.15) is 11.5 Å². The molecule has 1 heterocycles. The van der Waals surface area contributed by atoms with Gasteiger partial charge in [0.25, 0.3) is 5.91 Å². The van der Waals surface area contributed by atoms with Gasteiger partial charge in [0.15, 0.2) is 6.10 Å². The second-order valence-corrected chi connectivity index (χ2v) is 7.24. The number of ether oxygens (including phenoxy) is 2. The summed E-state index contributed by atoms with van der Waals surface area (Å²) in [6.45, 7) is 6.55. The van der Waals surface area contributed by atoms with Crippen LogP contribution in [0, 0.1) is 0 Å². The Morgan fingerprint density at radius 1 is 1.07 bits per heavy atom. The molecule has 0 saturated carbocycles. The summed E-state index contributed by atoms with van der Waals surface area (Å²) in [6, 6.07) is 15.3. The van der Waals surface area contributed by atoms with E-state index in [4.69, 9.17) is 9.47 Å². The van der Waals surface area contributed by atoms with E-state index in [-0.39, 0.29) is 11.7 Å². The van der Waals surface area contributed by atoms with Gasteiger partial charge in [-0.3, -0.25) is 4.79 Å². The lowest BCUT2D eigenvalue weighted by Crippen LogP contribution is -2.36. The first-order valence-corrected chi connectivity index (χ1v) is 10.00. The summed E-state index contributed by atoms with van der Waals surface area (Å²) in [4.78, 5) is 25.8. The summed E-state index contributed by atoms with van der Waals surface area (Å²) in [5.74, 6) is 0.597. The average molecular weight is 396 g/mol. The highest BCUT2D eigenvalue weighted by Crippen LogP contribution is 2.20. The fourth-order valence-electron chi connectivity index (χ4n) is 3.13. The number of hydrogen-bond donors (Lipinski definition) is 1. The van der Waals surface area contributed by atoms with E-state index in [1.165, 1.54) is 0 Å². The molecule has 1 aliphatic rings. The SMILES string of the molecule is CC(=O)CCc1ccc(O[C@H](C)C(=O)Nc2ccc(N3CCOCC3)cc2)cc1. The second kappa shape index (κ2) is 10.1. The normalized spacial score (nSPS) is 14.9. The zero-order valence-corrected chi connectivity index (χ0v) is 17.0. The van der Waals surface area contributed by atoms with Gasteiger partial charge in [-0.05, 0) is 62.2 Å². The van der Waals surface area contributed by atoms with Gasteiger partial charge in [0, 0.05) is 30.9 Å². The Labute approximate surface area is 171 Å². The first-order valence-electron chi connectivity index (χ1n) is 10.00. The van der Waals surface area contributed by atoms with E-state index >= 15 is 0 Å². The molecular weight excluding hydrogens is 368 g/mol. The van der Waals surface area contributed by atoms with Crippen LogP contribution in [-0.4, -0.2) is 44.1 Å². The van der Waals surface area contributed by atoms with Crippen molar-refractivity contribution in [3.05, 3.63) is 54.1 Å². The lowest BCUT2D eigenvalue weighted by atomic mass is 10.1. The van der Waals surface area contributed by atoms with Crippen molar-refractivity contribution in [2.75, 3.05) is 36.5 Å². The first-order chi connectivity index (χ1) is 14.0. The average Bonchev–Trinajstić information content (AvgIpc) is 2.74. The monoisotopic (exact) mass is 396 g/mol. The fraction of sp³-hybridized carbons (Fsp3) is 0.391. The Kier molecular flexibility index (Phi) is 7.25. The van der Waals surface area contributed by atoms with Crippen LogP contribution in [-0.2, 0) is 20.7 Å². The summed E-state index contributed by atoms with van der Waals surface area (Å²) < 4.78 is 11.1. The minimum absolute atomic E-state index is 0.175. The number of anilines is 2. The fourth-order valence-corrected chi connectivity index (χ4v) is 3.13. The summed E-state index contributed by atoms with van der Waals surface area (Å²) in [7, 11) is 0. The van der Waals surface area contributed by atoms with Gasteiger partial charge in [-0.15, -0.1) is 0 Å². The number of aryl methyl sites for hydroxylation is 1. The number of nitrogens with zero attached hydrogens (tertiary/aromatic N) is 1. The quantitative estimate of drug-likeness (QED) is 0.740. The van der Waals surface area contributed by atoms with Crippen molar-refractivity contribution in [2.24, 2.45) is 0 Å². The molecule has 0 aromatic heterocycles. The van der Waals surface area contributed by atoms with Crippen LogP contribution in [0.1, 0.15) is 25.8 Å². The van der Waals surface area contributed by atoms with Gasteiger partial charge >= 0.3 is 0 Å². The number of Topliss-reactive ketones (excluding diaryl/α,β-unsaturated/α-hetero) is 1. The van der Waals surface area contributed by atoms with Gasteiger partial charge in [-0.2, -0.15) is 0 Å². The van der Waals surface area contributed by atoms with Crippen LogP contribution in [0.4, 0.5) is 11.4 Å². The van der Waals surface area contributed by atoms with Gasteiger partial charge in [0.05, 0.1) is 13.2 Å². The van der Waals surface area contributed by atoms with Crippen molar-refractivity contribution in [1.82, 2.24) is 0 Å². The molecule has 1 amide bonds. The lowest BCUT2D eigenvalue weighted by molar-refractivity contribution is -0.122. The van der Waals surface area contributed by atoms with Crippen molar-refractivity contribution < 1.29 is 19.1 Å². The van der Waals surface area contributed by atoms with Crippen LogP contribution in [0.25, 0.3) is 0 Å². The van der Waals surface area contributed by atoms with E-state index in [0.29, 0.717) is 18.6 Å². The maximum Gasteiger partial charge on any atom is 0.265 e. The van der Waals surface area contributed by atoms with Gasteiger partial charge in [0.2, 0.25) is 0 Å². The molecule has 1 N–H and O–H groups in total. The second-order valence-electron chi connectivity index (χ2n) is 7.24. The van der Waals surface area contributed by atoms with Crippen molar-refractivity contribution >= 4 is 23.1 Å². The Morgan fingerprint density at radius 2 is 1.72 bits per heavy atom. The van der Waals surface area contributed by atoms with Crippen LogP contribution in [0.2, 0.25) is 0 Å². The summed E-state index contributed by atoms with van der Waals surface area (Å²) >= 11 is 0. The van der Waals surface area contributed by atoms with E-state index in [1.54, 1.807) is 13.8 Å². The van der Waals surface area contributed by atoms with Crippen LogP contribution in [0.5, 0.6) is 5.75 Å². The van der Waals surface area contributed by atoms with Crippen molar-refractivity contribution in [3.8, 4) is 5.75 Å².